The van der Waals surface area contributed by atoms with E-state index in [1.807, 2.05) is 12.1 Å². The normalized spacial score (nSPS) is 16.8. The van der Waals surface area contributed by atoms with E-state index in [9.17, 15) is 14.4 Å². The molecule has 9 heteroatoms. The van der Waals surface area contributed by atoms with Gasteiger partial charge in [-0.2, -0.15) is 0 Å². The molecule has 162 valence electrons. The monoisotopic (exact) mass is 447 g/mol. The van der Waals surface area contributed by atoms with Gasteiger partial charge in [-0.3, -0.25) is 24.6 Å². The van der Waals surface area contributed by atoms with Gasteiger partial charge in [-0.1, -0.05) is 55.5 Å². The lowest BCUT2D eigenvalue weighted by Crippen LogP contribution is -2.50. The van der Waals surface area contributed by atoms with Crippen molar-refractivity contribution in [1.29, 1.82) is 0 Å². The van der Waals surface area contributed by atoms with Gasteiger partial charge in [-0.15, -0.1) is 10.2 Å². The Bertz CT molecular complexity index is 1240. The maximum atomic E-state index is 13.4. The Morgan fingerprint density at radius 2 is 1.75 bits per heavy atom. The fourth-order valence-corrected chi connectivity index (χ4v) is 5.15. The van der Waals surface area contributed by atoms with E-state index < -0.39 is 6.17 Å². The number of hydrogen-bond acceptors (Lipinski definition) is 6. The molecule has 1 N–H and O–H groups in total. The molecule has 8 nitrogen and oxygen atoms in total. The van der Waals surface area contributed by atoms with Gasteiger partial charge in [0.1, 0.15) is 17.7 Å². The molecule has 0 saturated heterocycles. The third-order valence-electron chi connectivity index (χ3n) is 5.49. The largest absolute Gasteiger partial charge is 0.304 e. The molecular weight excluding hydrogens is 426 g/mol. The first-order valence-corrected chi connectivity index (χ1v) is 11.2. The van der Waals surface area contributed by atoms with Gasteiger partial charge in [0.2, 0.25) is 11.0 Å². The third-order valence-corrected chi connectivity index (χ3v) is 6.35. The number of amides is 3. The molecule has 1 atom stereocenters. The van der Waals surface area contributed by atoms with Crippen LogP contribution in [0.5, 0.6) is 0 Å². The molecule has 3 aromatic rings. The summed E-state index contributed by atoms with van der Waals surface area (Å²) in [5.74, 6) is -0.428. The molecule has 2 aromatic carbocycles. The summed E-state index contributed by atoms with van der Waals surface area (Å²) in [6.07, 6.45) is 0.114. The minimum Gasteiger partial charge on any atom is -0.304 e. The molecule has 3 heterocycles. The molecule has 0 saturated carbocycles. The van der Waals surface area contributed by atoms with E-state index in [4.69, 9.17) is 0 Å². The molecule has 2 aliphatic rings. The molecule has 0 radical (unpaired) electrons. The Morgan fingerprint density at radius 3 is 2.53 bits per heavy atom. The van der Waals surface area contributed by atoms with Gasteiger partial charge in [0, 0.05) is 17.5 Å². The standard InChI is InChI=1S/C23H21N5O3S/c1-13(2)11-19-25-26-23(32-19)24-18(29)12-27-20-14-7-3-4-8-15(14)22(31)28(20)17-10-6-5-9-16(17)21(27)30/h3-10,13,20H,11-12H2,1-2H3,(H,24,26,29). The van der Waals surface area contributed by atoms with Crippen LogP contribution in [0, 0.1) is 5.92 Å². The SMILES string of the molecule is CC(C)Cc1nnc(NC(=O)CN2C(=O)c3ccccc3N3C(=O)c4ccccc4C23)s1. The number of anilines is 2. The molecule has 0 aliphatic carbocycles. The van der Waals surface area contributed by atoms with E-state index in [1.165, 1.54) is 16.2 Å². The van der Waals surface area contributed by atoms with Crippen LogP contribution in [0.3, 0.4) is 0 Å². The van der Waals surface area contributed by atoms with Gasteiger partial charge in [0.15, 0.2) is 0 Å². The number of para-hydroxylation sites is 1. The number of nitrogens with zero attached hydrogens (tertiary/aromatic N) is 4. The molecular formula is C23H21N5O3S. The average Bonchev–Trinajstić information content (AvgIpc) is 3.32. The van der Waals surface area contributed by atoms with Crippen LogP contribution in [0.15, 0.2) is 48.5 Å². The smallest absolute Gasteiger partial charge is 0.260 e. The van der Waals surface area contributed by atoms with Crippen molar-refractivity contribution in [2.75, 3.05) is 16.8 Å². The first-order valence-electron chi connectivity index (χ1n) is 10.4. The highest BCUT2D eigenvalue weighted by Crippen LogP contribution is 2.44. The van der Waals surface area contributed by atoms with Crippen LogP contribution >= 0.6 is 11.3 Å². The van der Waals surface area contributed by atoms with E-state index in [1.54, 1.807) is 41.3 Å². The van der Waals surface area contributed by atoms with Gasteiger partial charge in [0.25, 0.3) is 11.8 Å². The van der Waals surface area contributed by atoms with Crippen molar-refractivity contribution in [2.45, 2.75) is 26.4 Å². The lowest BCUT2D eigenvalue weighted by molar-refractivity contribution is -0.117. The van der Waals surface area contributed by atoms with Crippen LogP contribution in [-0.2, 0) is 11.2 Å². The van der Waals surface area contributed by atoms with E-state index in [0.29, 0.717) is 33.4 Å². The number of nitrogens with one attached hydrogen (secondary N) is 1. The summed E-state index contributed by atoms with van der Waals surface area (Å²) in [5.41, 5.74) is 2.20. The Balaban J connectivity index is 1.45. The number of carbonyl (C=O) groups is 3. The second kappa shape index (κ2) is 7.83. The number of benzene rings is 2. The summed E-state index contributed by atoms with van der Waals surface area (Å²) in [6, 6.07) is 14.2. The van der Waals surface area contributed by atoms with Crippen molar-refractivity contribution in [1.82, 2.24) is 15.1 Å². The van der Waals surface area contributed by atoms with Crippen LogP contribution in [0.2, 0.25) is 0 Å². The first-order chi connectivity index (χ1) is 15.4. The van der Waals surface area contributed by atoms with Crippen LogP contribution in [-0.4, -0.2) is 39.4 Å². The van der Waals surface area contributed by atoms with Crippen molar-refractivity contribution in [3.8, 4) is 0 Å². The second-order valence-electron chi connectivity index (χ2n) is 8.23. The fourth-order valence-electron chi connectivity index (χ4n) is 4.18. The lowest BCUT2D eigenvalue weighted by atomic mass is 10.0. The van der Waals surface area contributed by atoms with E-state index in [2.05, 4.69) is 29.4 Å². The highest BCUT2D eigenvalue weighted by atomic mass is 32.1. The Morgan fingerprint density at radius 1 is 1.03 bits per heavy atom. The van der Waals surface area contributed by atoms with Crippen molar-refractivity contribution < 1.29 is 14.4 Å². The summed E-state index contributed by atoms with van der Waals surface area (Å²) in [7, 11) is 0. The van der Waals surface area contributed by atoms with Gasteiger partial charge in [0.05, 0.1) is 11.3 Å². The zero-order valence-electron chi connectivity index (χ0n) is 17.6. The molecule has 1 aromatic heterocycles. The molecule has 1 unspecified atom stereocenters. The lowest BCUT2D eigenvalue weighted by Gasteiger charge is -2.40. The molecule has 2 aliphatic heterocycles. The molecule has 32 heavy (non-hydrogen) atoms. The summed E-state index contributed by atoms with van der Waals surface area (Å²) in [4.78, 5) is 42.5. The van der Waals surface area contributed by atoms with Crippen molar-refractivity contribution in [3.05, 3.63) is 70.2 Å². The van der Waals surface area contributed by atoms with Gasteiger partial charge in [-0.25, -0.2) is 0 Å². The van der Waals surface area contributed by atoms with Gasteiger partial charge >= 0.3 is 0 Å². The van der Waals surface area contributed by atoms with Crippen molar-refractivity contribution >= 4 is 39.9 Å². The van der Waals surface area contributed by atoms with E-state index >= 15 is 0 Å². The molecule has 5 rings (SSSR count). The van der Waals surface area contributed by atoms with Crippen LogP contribution in [0.1, 0.15) is 51.3 Å². The van der Waals surface area contributed by atoms with Crippen LogP contribution in [0.4, 0.5) is 10.8 Å². The Labute approximate surface area is 188 Å². The highest BCUT2D eigenvalue weighted by Gasteiger charge is 2.48. The summed E-state index contributed by atoms with van der Waals surface area (Å²) in [5, 5.41) is 12.2. The topological polar surface area (TPSA) is 95.5 Å². The maximum absolute atomic E-state index is 13.4. The maximum Gasteiger partial charge on any atom is 0.260 e. The number of fused-ring (bicyclic) bond motifs is 5. The van der Waals surface area contributed by atoms with Crippen LogP contribution < -0.4 is 10.2 Å². The second-order valence-corrected chi connectivity index (χ2v) is 9.30. The molecule has 0 spiro atoms. The predicted molar refractivity (Wildman–Crippen MR) is 121 cm³/mol. The van der Waals surface area contributed by atoms with Gasteiger partial charge < -0.3 is 4.90 Å². The van der Waals surface area contributed by atoms with Crippen molar-refractivity contribution in [2.24, 2.45) is 5.92 Å². The van der Waals surface area contributed by atoms with E-state index in [0.717, 1.165) is 11.4 Å². The summed E-state index contributed by atoms with van der Waals surface area (Å²) in [6.45, 7) is 3.97. The number of carbonyl (C=O) groups excluding carboxylic acids is 3. The zero-order valence-corrected chi connectivity index (χ0v) is 18.4. The molecule has 0 bridgehead atoms. The molecule has 0 fully saturated rings. The van der Waals surface area contributed by atoms with Gasteiger partial charge in [-0.05, 0) is 24.1 Å². The highest BCUT2D eigenvalue weighted by molar-refractivity contribution is 7.15. The van der Waals surface area contributed by atoms with Crippen molar-refractivity contribution in [3.63, 3.8) is 0 Å². The number of aromatic nitrogens is 2. The molecule has 3 amide bonds. The summed E-state index contributed by atoms with van der Waals surface area (Å²) >= 11 is 1.33. The zero-order chi connectivity index (χ0) is 22.4. The first kappa shape index (κ1) is 20.3. The number of rotatable bonds is 5. The predicted octanol–water partition coefficient (Wildman–Crippen LogP) is 3.49. The number of hydrogen-bond donors (Lipinski definition) is 1. The van der Waals surface area contributed by atoms with Crippen LogP contribution in [0.25, 0.3) is 0 Å². The minimum absolute atomic E-state index is 0.182. The Kier molecular flexibility index (Phi) is 4.97. The van der Waals surface area contributed by atoms with E-state index in [-0.39, 0.29) is 24.3 Å². The Hall–Kier alpha value is -3.59. The summed E-state index contributed by atoms with van der Waals surface area (Å²) < 4.78 is 0. The minimum atomic E-state index is -0.669. The average molecular weight is 448 g/mol. The third kappa shape index (κ3) is 3.34. The fraction of sp³-hybridized carbons (Fsp3) is 0.261. The quantitative estimate of drug-likeness (QED) is 0.646.